The summed E-state index contributed by atoms with van der Waals surface area (Å²) in [6.45, 7) is 2.48. The lowest BCUT2D eigenvalue weighted by molar-refractivity contribution is -0.0529. The summed E-state index contributed by atoms with van der Waals surface area (Å²) in [5.41, 5.74) is 2.77. The number of nitrogens with zero attached hydrogens (tertiary/aromatic N) is 5. The summed E-state index contributed by atoms with van der Waals surface area (Å²) in [7, 11) is 0. The predicted octanol–water partition coefficient (Wildman–Crippen LogP) is -0.693. The first-order chi connectivity index (χ1) is 14.9. The minimum absolute atomic E-state index is 0.00318. The van der Waals surface area contributed by atoms with Crippen molar-refractivity contribution in [3.8, 4) is 5.13 Å². The quantitative estimate of drug-likeness (QED) is 0.322. The number of rotatable bonds is 8. The van der Waals surface area contributed by atoms with Crippen molar-refractivity contribution in [2.45, 2.75) is 19.1 Å². The zero-order valence-corrected chi connectivity index (χ0v) is 17.2. The fourth-order valence-corrected chi connectivity index (χ4v) is 3.78. The second kappa shape index (κ2) is 8.64. The van der Waals surface area contributed by atoms with Crippen molar-refractivity contribution < 1.29 is 25.0 Å². The lowest BCUT2D eigenvalue weighted by atomic mass is 10.1. The van der Waals surface area contributed by atoms with Crippen LogP contribution in [0, 0.1) is 6.92 Å². The number of hydrogen-bond donors (Lipinski definition) is 4. The minimum atomic E-state index is -1.32. The van der Waals surface area contributed by atoms with E-state index in [1.54, 1.807) is 13.0 Å². The number of aromatic nitrogens is 4. The number of pyridine rings is 2. The van der Waals surface area contributed by atoms with E-state index in [0.29, 0.717) is 35.2 Å². The van der Waals surface area contributed by atoms with Gasteiger partial charge in [0.05, 0.1) is 24.6 Å². The number of aromatic carboxylic acids is 1. The first-order valence-electron chi connectivity index (χ1n) is 9.37. The van der Waals surface area contributed by atoms with Crippen LogP contribution in [0.5, 0.6) is 0 Å². The Morgan fingerprint density at radius 1 is 1.45 bits per heavy atom. The summed E-state index contributed by atoms with van der Waals surface area (Å²) in [6.07, 6.45) is 1.63. The fourth-order valence-electron chi connectivity index (χ4n) is 3.27. The third-order valence-corrected chi connectivity index (χ3v) is 5.54. The average molecular weight is 448 g/mol. The van der Waals surface area contributed by atoms with E-state index >= 15 is 0 Å². The van der Waals surface area contributed by atoms with Crippen molar-refractivity contribution in [2.75, 3.05) is 31.2 Å². The molecule has 1 atom stereocenters. The van der Waals surface area contributed by atoms with E-state index in [4.69, 9.17) is 9.94 Å². The summed E-state index contributed by atoms with van der Waals surface area (Å²) in [6, 6.07) is 1.75. The maximum absolute atomic E-state index is 12.8. The molecule has 4 rings (SSSR count). The molecule has 1 unspecified atom stereocenters. The summed E-state index contributed by atoms with van der Waals surface area (Å²) in [5.74, 6) is -0.698. The lowest BCUT2D eigenvalue weighted by Crippen LogP contribution is -2.58. The number of hydrogen-bond acceptors (Lipinski definition) is 11. The van der Waals surface area contributed by atoms with E-state index in [-0.39, 0.29) is 30.2 Å². The van der Waals surface area contributed by atoms with E-state index in [2.05, 4.69) is 19.8 Å². The summed E-state index contributed by atoms with van der Waals surface area (Å²) < 4.78 is 5.43. The van der Waals surface area contributed by atoms with E-state index in [1.807, 2.05) is 4.90 Å². The summed E-state index contributed by atoms with van der Waals surface area (Å²) >= 11 is 1.06. The second-order valence-electron chi connectivity index (χ2n) is 7.13. The lowest BCUT2D eigenvalue weighted by Gasteiger charge is -2.40. The molecule has 31 heavy (non-hydrogen) atoms. The highest BCUT2D eigenvalue weighted by atomic mass is 32.1. The molecule has 0 spiro atoms. The highest BCUT2D eigenvalue weighted by Crippen LogP contribution is 2.26. The molecule has 1 aliphatic heterocycles. The fraction of sp³-hybridized carbons (Fsp3) is 0.389. The van der Waals surface area contributed by atoms with Crippen molar-refractivity contribution in [2.24, 2.45) is 0 Å². The third kappa shape index (κ3) is 4.13. The number of aryl methyl sites for hydroxylation is 1. The van der Waals surface area contributed by atoms with Crippen molar-refractivity contribution >= 4 is 34.4 Å². The molecule has 4 N–H and O–H groups in total. The molecular formula is C18H20N6O6S. The van der Waals surface area contributed by atoms with Gasteiger partial charge in [-0.05, 0) is 18.6 Å². The Bertz CT molecular complexity index is 1160. The number of nitrogens with one attached hydrogen (secondary N) is 1. The minimum Gasteiger partial charge on any atom is -0.477 e. The molecule has 0 aliphatic carbocycles. The van der Waals surface area contributed by atoms with Gasteiger partial charge in [-0.2, -0.15) is 9.85 Å². The van der Waals surface area contributed by atoms with Crippen LogP contribution in [0.15, 0.2) is 23.4 Å². The number of aliphatic hydroxyl groups is 2. The Morgan fingerprint density at radius 2 is 2.23 bits per heavy atom. The van der Waals surface area contributed by atoms with Crippen molar-refractivity contribution in [1.29, 1.82) is 0 Å². The van der Waals surface area contributed by atoms with E-state index in [0.717, 1.165) is 11.5 Å². The van der Waals surface area contributed by atoms with Crippen molar-refractivity contribution in [1.82, 2.24) is 24.4 Å². The van der Waals surface area contributed by atoms with Crippen LogP contribution >= 0.6 is 11.5 Å². The molecule has 4 heterocycles. The molecule has 3 aromatic rings. The van der Waals surface area contributed by atoms with Crippen LogP contribution in [-0.2, 0) is 4.84 Å². The largest absolute Gasteiger partial charge is 0.477 e. The van der Waals surface area contributed by atoms with Crippen LogP contribution in [0.1, 0.15) is 15.9 Å². The van der Waals surface area contributed by atoms with Crippen LogP contribution in [0.3, 0.4) is 0 Å². The highest BCUT2D eigenvalue weighted by molar-refractivity contribution is 7.08. The van der Waals surface area contributed by atoms with Crippen LogP contribution in [-0.4, -0.2) is 78.6 Å². The van der Waals surface area contributed by atoms with Crippen LogP contribution in [0.2, 0.25) is 0 Å². The number of anilines is 1. The van der Waals surface area contributed by atoms with Gasteiger partial charge in [0.1, 0.15) is 23.8 Å². The maximum Gasteiger partial charge on any atom is 0.341 e. The zero-order valence-electron chi connectivity index (χ0n) is 16.4. The average Bonchev–Trinajstić information content (AvgIpc) is 3.23. The van der Waals surface area contributed by atoms with Gasteiger partial charge in [0, 0.05) is 30.8 Å². The van der Waals surface area contributed by atoms with Crippen LogP contribution < -0.4 is 15.8 Å². The monoisotopic (exact) mass is 448 g/mol. The highest BCUT2D eigenvalue weighted by Gasteiger charge is 2.29. The number of carboxylic acids is 1. The molecule has 13 heteroatoms. The molecule has 0 saturated carbocycles. The molecule has 0 bridgehead atoms. The Balaban J connectivity index is 1.64. The van der Waals surface area contributed by atoms with Gasteiger partial charge in [0.15, 0.2) is 5.65 Å². The number of carboxylic acid groups (broad SMARTS) is 1. The Kier molecular flexibility index (Phi) is 5.93. The molecule has 12 nitrogen and oxygen atoms in total. The van der Waals surface area contributed by atoms with E-state index in [9.17, 15) is 19.8 Å². The van der Waals surface area contributed by atoms with E-state index in [1.165, 1.54) is 17.1 Å². The number of hydroxylamine groups is 1. The van der Waals surface area contributed by atoms with Gasteiger partial charge in [-0.15, -0.1) is 0 Å². The van der Waals surface area contributed by atoms with Gasteiger partial charge in [-0.1, -0.05) is 0 Å². The SMILES string of the molecule is Cc1cc(N2CC(NOCC(O)CO)C2)nc2c1c(=O)c(C(=O)O)cn2-c1ncns1. The van der Waals surface area contributed by atoms with Gasteiger partial charge in [0.2, 0.25) is 10.6 Å². The molecular weight excluding hydrogens is 428 g/mol. The number of carbonyl (C=O) groups is 1. The number of fused-ring (bicyclic) bond motifs is 1. The molecule has 1 aliphatic rings. The molecule has 0 amide bonds. The first kappa shape index (κ1) is 21.3. The second-order valence-corrected chi connectivity index (χ2v) is 7.89. The Labute approximate surface area is 179 Å². The molecule has 1 saturated heterocycles. The van der Waals surface area contributed by atoms with Crippen molar-refractivity contribution in [3.63, 3.8) is 0 Å². The van der Waals surface area contributed by atoms with Gasteiger partial charge < -0.3 is 20.2 Å². The molecule has 3 aromatic heterocycles. The third-order valence-electron chi connectivity index (χ3n) is 4.87. The Hall–Kier alpha value is -2.97. The normalized spacial score (nSPS) is 15.3. The zero-order chi connectivity index (χ0) is 22.1. The Morgan fingerprint density at radius 3 is 2.87 bits per heavy atom. The first-order valence-corrected chi connectivity index (χ1v) is 10.1. The summed E-state index contributed by atoms with van der Waals surface area (Å²) in [5, 5.41) is 28.2. The van der Waals surface area contributed by atoms with Gasteiger partial charge in [0.25, 0.3) is 0 Å². The van der Waals surface area contributed by atoms with Crippen LogP contribution in [0.25, 0.3) is 16.2 Å². The van der Waals surface area contributed by atoms with Crippen LogP contribution in [0.4, 0.5) is 5.82 Å². The molecule has 0 radical (unpaired) electrons. The van der Waals surface area contributed by atoms with Gasteiger partial charge >= 0.3 is 5.97 Å². The predicted molar refractivity (Wildman–Crippen MR) is 111 cm³/mol. The smallest absolute Gasteiger partial charge is 0.341 e. The molecule has 1 fully saturated rings. The topological polar surface area (TPSA) is 163 Å². The maximum atomic E-state index is 12.8. The number of aliphatic hydroxyl groups excluding tert-OH is 2. The van der Waals surface area contributed by atoms with Gasteiger partial charge in [-0.25, -0.2) is 14.8 Å². The van der Waals surface area contributed by atoms with Crippen molar-refractivity contribution in [3.05, 3.63) is 39.9 Å². The summed E-state index contributed by atoms with van der Waals surface area (Å²) in [4.78, 5) is 40.3. The van der Waals surface area contributed by atoms with E-state index < -0.39 is 17.5 Å². The standard InChI is InChI=1S/C18H20N6O6S/c1-9-2-13(23-3-10(4-23)22-30-7-11(26)6-25)21-16-14(9)15(27)12(17(28)29)5-24(16)18-19-8-20-31-18/h2,5,8,10-11,22,25-26H,3-4,6-7H2,1H3,(H,28,29). The molecule has 164 valence electrons. The molecule has 0 aromatic carbocycles. The van der Waals surface area contributed by atoms with Gasteiger partial charge in [-0.3, -0.25) is 14.2 Å².